The van der Waals surface area contributed by atoms with Gasteiger partial charge in [0.25, 0.3) is 0 Å². The fraction of sp³-hybridized carbons (Fsp3) is 0.750. The van der Waals surface area contributed by atoms with E-state index < -0.39 is 0 Å². The predicted molar refractivity (Wildman–Crippen MR) is 63.3 cm³/mol. The Morgan fingerprint density at radius 3 is 2.47 bits per heavy atom. The van der Waals surface area contributed by atoms with Crippen LogP contribution < -0.4 is 0 Å². The van der Waals surface area contributed by atoms with Gasteiger partial charge in [-0.25, -0.2) is 4.98 Å². The highest BCUT2D eigenvalue weighted by molar-refractivity contribution is 7.11. The summed E-state index contributed by atoms with van der Waals surface area (Å²) in [4.78, 5) is 5.89. The number of hydrogen-bond donors (Lipinski definition) is 1. The van der Waals surface area contributed by atoms with E-state index in [9.17, 15) is 5.11 Å². The van der Waals surface area contributed by atoms with Gasteiger partial charge < -0.3 is 5.11 Å². The fourth-order valence-electron chi connectivity index (χ4n) is 2.45. The number of rotatable bonds is 3. The van der Waals surface area contributed by atoms with Crippen molar-refractivity contribution >= 4 is 11.3 Å². The molecule has 1 aliphatic rings. The van der Waals surface area contributed by atoms with Crippen LogP contribution in [-0.4, -0.2) is 16.7 Å². The zero-order valence-electron chi connectivity index (χ0n) is 9.55. The lowest BCUT2D eigenvalue weighted by Gasteiger charge is -2.24. The van der Waals surface area contributed by atoms with Crippen LogP contribution in [-0.2, 0) is 6.42 Å². The third kappa shape index (κ3) is 2.23. The highest BCUT2D eigenvalue weighted by Gasteiger charge is 2.34. The zero-order chi connectivity index (χ0) is 10.9. The number of aryl methyl sites for hydroxylation is 2. The average Bonchev–Trinajstić information content (AvgIpc) is 2.77. The van der Waals surface area contributed by atoms with Crippen molar-refractivity contribution < 1.29 is 5.11 Å². The summed E-state index contributed by atoms with van der Waals surface area (Å²) in [5.41, 5.74) is 1.30. The molecule has 0 aromatic carbocycles. The van der Waals surface area contributed by atoms with Gasteiger partial charge >= 0.3 is 0 Å². The molecule has 0 amide bonds. The van der Waals surface area contributed by atoms with Gasteiger partial charge in [-0.05, 0) is 32.1 Å². The molecule has 2 rings (SSSR count). The van der Waals surface area contributed by atoms with E-state index in [0.717, 1.165) is 12.1 Å². The molecule has 1 heterocycles. The number of aliphatic hydroxyl groups is 1. The Labute approximate surface area is 95.4 Å². The van der Waals surface area contributed by atoms with E-state index in [-0.39, 0.29) is 5.41 Å². The van der Waals surface area contributed by atoms with Gasteiger partial charge in [0.05, 0.1) is 10.7 Å². The van der Waals surface area contributed by atoms with Gasteiger partial charge in [-0.15, -0.1) is 11.3 Å². The van der Waals surface area contributed by atoms with Gasteiger partial charge in [-0.1, -0.05) is 12.8 Å². The van der Waals surface area contributed by atoms with Gasteiger partial charge in [0, 0.05) is 17.9 Å². The largest absolute Gasteiger partial charge is 0.396 e. The molecule has 0 aliphatic heterocycles. The number of thiazole rings is 1. The molecule has 0 saturated heterocycles. The molecule has 0 radical (unpaired) electrons. The number of aliphatic hydroxyl groups excluding tert-OH is 1. The summed E-state index contributed by atoms with van der Waals surface area (Å²) in [6.45, 7) is 4.51. The molecule has 1 N–H and O–H groups in total. The summed E-state index contributed by atoms with van der Waals surface area (Å²) in [7, 11) is 0. The molecule has 3 heteroatoms. The van der Waals surface area contributed by atoms with Crippen molar-refractivity contribution in [1.29, 1.82) is 0 Å². The Bertz CT molecular complexity index is 320. The highest BCUT2D eigenvalue weighted by Crippen LogP contribution is 2.41. The van der Waals surface area contributed by atoms with Crippen LogP contribution in [0.1, 0.15) is 41.3 Å². The first kappa shape index (κ1) is 11.1. The first-order chi connectivity index (χ1) is 7.15. The highest BCUT2D eigenvalue weighted by atomic mass is 32.1. The summed E-state index contributed by atoms with van der Waals surface area (Å²) in [6, 6.07) is 0. The van der Waals surface area contributed by atoms with Crippen molar-refractivity contribution in [3.8, 4) is 0 Å². The summed E-state index contributed by atoms with van der Waals surface area (Å²) < 4.78 is 0. The molecule has 1 saturated carbocycles. The fourth-order valence-corrected chi connectivity index (χ4v) is 3.56. The minimum Gasteiger partial charge on any atom is -0.396 e. The normalized spacial score (nSPS) is 19.7. The number of nitrogens with zero attached hydrogens (tertiary/aromatic N) is 1. The Kier molecular flexibility index (Phi) is 3.12. The van der Waals surface area contributed by atoms with Gasteiger partial charge in [-0.2, -0.15) is 0 Å². The van der Waals surface area contributed by atoms with Crippen LogP contribution in [0.15, 0.2) is 0 Å². The van der Waals surface area contributed by atoms with E-state index >= 15 is 0 Å². The van der Waals surface area contributed by atoms with Crippen molar-refractivity contribution in [1.82, 2.24) is 4.98 Å². The van der Waals surface area contributed by atoms with Crippen molar-refractivity contribution in [3.05, 3.63) is 15.6 Å². The molecule has 1 fully saturated rings. The first-order valence-corrected chi connectivity index (χ1v) is 6.51. The van der Waals surface area contributed by atoms with Crippen LogP contribution >= 0.6 is 11.3 Å². The molecule has 0 unspecified atom stereocenters. The quantitative estimate of drug-likeness (QED) is 0.858. The van der Waals surface area contributed by atoms with Crippen molar-refractivity contribution in [2.24, 2.45) is 5.41 Å². The van der Waals surface area contributed by atoms with Crippen molar-refractivity contribution in [2.45, 2.75) is 46.0 Å². The van der Waals surface area contributed by atoms with E-state index in [1.54, 1.807) is 11.3 Å². The molecule has 15 heavy (non-hydrogen) atoms. The van der Waals surface area contributed by atoms with Gasteiger partial charge in [0.15, 0.2) is 0 Å². The van der Waals surface area contributed by atoms with Gasteiger partial charge in [0.2, 0.25) is 0 Å². The molecule has 0 spiro atoms. The lowest BCUT2D eigenvalue weighted by molar-refractivity contribution is 0.130. The third-order valence-electron chi connectivity index (χ3n) is 3.60. The van der Waals surface area contributed by atoms with Crippen LogP contribution in [0.2, 0.25) is 0 Å². The van der Waals surface area contributed by atoms with Gasteiger partial charge in [0.1, 0.15) is 0 Å². The molecule has 1 aliphatic carbocycles. The second-order valence-corrected chi connectivity index (χ2v) is 6.08. The molecule has 1 aromatic heterocycles. The Morgan fingerprint density at radius 1 is 1.33 bits per heavy atom. The average molecular weight is 225 g/mol. The summed E-state index contributed by atoms with van der Waals surface area (Å²) in [6.07, 6.45) is 5.85. The molecule has 84 valence electrons. The summed E-state index contributed by atoms with van der Waals surface area (Å²) >= 11 is 1.79. The Balaban J connectivity index is 2.12. The van der Waals surface area contributed by atoms with Crippen molar-refractivity contribution in [3.63, 3.8) is 0 Å². The molecule has 0 atom stereocenters. The third-order valence-corrected chi connectivity index (χ3v) is 4.67. The van der Waals surface area contributed by atoms with Crippen LogP contribution in [0.5, 0.6) is 0 Å². The van der Waals surface area contributed by atoms with E-state index in [4.69, 9.17) is 0 Å². The molecule has 0 bridgehead atoms. The van der Waals surface area contributed by atoms with Crippen LogP contribution in [0, 0.1) is 19.3 Å². The van der Waals surface area contributed by atoms with Crippen LogP contribution in [0.4, 0.5) is 0 Å². The maximum absolute atomic E-state index is 9.53. The van der Waals surface area contributed by atoms with Crippen LogP contribution in [0.25, 0.3) is 0 Å². The molecule has 1 aromatic rings. The van der Waals surface area contributed by atoms with E-state index in [1.807, 2.05) is 0 Å². The SMILES string of the molecule is Cc1nc(CC2(CO)CCCC2)sc1C. The van der Waals surface area contributed by atoms with E-state index in [0.29, 0.717) is 6.61 Å². The molecular formula is C12H19NOS. The predicted octanol–water partition coefficient (Wildman–Crippen LogP) is 2.86. The maximum Gasteiger partial charge on any atom is 0.0937 e. The smallest absolute Gasteiger partial charge is 0.0937 e. The topological polar surface area (TPSA) is 33.1 Å². The van der Waals surface area contributed by atoms with E-state index in [2.05, 4.69) is 18.8 Å². The minimum atomic E-state index is 0.150. The molecular weight excluding hydrogens is 206 g/mol. The van der Waals surface area contributed by atoms with E-state index in [1.165, 1.54) is 35.6 Å². The maximum atomic E-state index is 9.53. The second kappa shape index (κ2) is 4.22. The van der Waals surface area contributed by atoms with Crippen molar-refractivity contribution in [2.75, 3.05) is 6.61 Å². The van der Waals surface area contributed by atoms with Crippen LogP contribution in [0.3, 0.4) is 0 Å². The number of hydrogen-bond acceptors (Lipinski definition) is 3. The standard InChI is InChI=1S/C12H19NOS/c1-9-10(2)15-11(13-9)7-12(8-14)5-3-4-6-12/h14H,3-8H2,1-2H3. The second-order valence-electron chi connectivity index (χ2n) is 4.79. The first-order valence-electron chi connectivity index (χ1n) is 5.69. The zero-order valence-corrected chi connectivity index (χ0v) is 10.4. The lowest BCUT2D eigenvalue weighted by atomic mass is 9.84. The molecule has 2 nitrogen and oxygen atoms in total. The lowest BCUT2D eigenvalue weighted by Crippen LogP contribution is -2.24. The monoisotopic (exact) mass is 225 g/mol. The Hall–Kier alpha value is -0.410. The summed E-state index contributed by atoms with van der Waals surface area (Å²) in [5, 5.41) is 10.7. The van der Waals surface area contributed by atoms with Gasteiger partial charge in [-0.3, -0.25) is 0 Å². The number of aromatic nitrogens is 1. The minimum absolute atomic E-state index is 0.150. The summed E-state index contributed by atoms with van der Waals surface area (Å²) in [5.74, 6) is 0. The Morgan fingerprint density at radius 2 is 2.00 bits per heavy atom.